The number of rotatable bonds is 2. The Labute approximate surface area is 116 Å². The highest BCUT2D eigenvalue weighted by Crippen LogP contribution is 2.33. The minimum Gasteiger partial charge on any atom is -0.357 e. The maximum Gasteiger partial charge on any atom is 0.0759 e. The number of para-hydroxylation sites is 1. The van der Waals surface area contributed by atoms with Gasteiger partial charge in [0, 0.05) is 27.2 Å². The predicted octanol–water partition coefficient (Wildman–Crippen LogP) is 4.55. The Morgan fingerprint density at radius 3 is 2.53 bits per heavy atom. The van der Waals surface area contributed by atoms with Crippen molar-refractivity contribution in [1.82, 2.24) is 4.98 Å². The van der Waals surface area contributed by atoms with Crippen LogP contribution in [0.25, 0.3) is 22.0 Å². The van der Waals surface area contributed by atoms with Gasteiger partial charge in [-0.1, -0.05) is 41.9 Å². The Hall–Kier alpha value is -2.24. The SMILES string of the molecule is N#CCc1[nH]c2ccccc2c1-c1ccc(Cl)cc1. The lowest BCUT2D eigenvalue weighted by Gasteiger charge is -2.03. The van der Waals surface area contributed by atoms with Crippen molar-refractivity contribution in [3.63, 3.8) is 0 Å². The number of hydrogen-bond donors (Lipinski definition) is 1. The van der Waals surface area contributed by atoms with E-state index in [1.807, 2.05) is 42.5 Å². The second kappa shape index (κ2) is 4.79. The maximum atomic E-state index is 8.97. The number of aromatic amines is 1. The number of nitrogens with one attached hydrogen (secondary N) is 1. The van der Waals surface area contributed by atoms with Crippen molar-refractivity contribution in [1.29, 1.82) is 5.26 Å². The van der Waals surface area contributed by atoms with Gasteiger partial charge in [0.2, 0.25) is 0 Å². The van der Waals surface area contributed by atoms with Gasteiger partial charge >= 0.3 is 0 Å². The topological polar surface area (TPSA) is 39.6 Å². The third-order valence-corrected chi connectivity index (χ3v) is 3.42. The summed E-state index contributed by atoms with van der Waals surface area (Å²) in [6.07, 6.45) is 0.368. The number of nitrogens with zero attached hydrogens (tertiary/aromatic N) is 1. The van der Waals surface area contributed by atoms with Crippen LogP contribution in [0.5, 0.6) is 0 Å². The molecule has 1 N–H and O–H groups in total. The Morgan fingerprint density at radius 2 is 1.79 bits per heavy atom. The number of H-pyrrole nitrogens is 1. The van der Waals surface area contributed by atoms with Crippen LogP contribution in [-0.4, -0.2) is 4.98 Å². The van der Waals surface area contributed by atoms with Crippen LogP contribution >= 0.6 is 11.6 Å². The highest BCUT2D eigenvalue weighted by Gasteiger charge is 2.12. The zero-order valence-corrected chi connectivity index (χ0v) is 10.9. The monoisotopic (exact) mass is 266 g/mol. The van der Waals surface area contributed by atoms with E-state index in [9.17, 15) is 0 Å². The first kappa shape index (κ1) is 11.8. The molecule has 1 heterocycles. The fourth-order valence-corrected chi connectivity index (χ4v) is 2.48. The number of halogens is 1. The number of aromatic nitrogens is 1. The van der Waals surface area contributed by atoms with Crippen LogP contribution in [0.4, 0.5) is 0 Å². The van der Waals surface area contributed by atoms with Gasteiger partial charge in [0.05, 0.1) is 12.5 Å². The number of benzene rings is 2. The van der Waals surface area contributed by atoms with E-state index in [0.717, 1.165) is 27.7 Å². The van der Waals surface area contributed by atoms with Crippen LogP contribution in [0.15, 0.2) is 48.5 Å². The highest BCUT2D eigenvalue weighted by molar-refractivity contribution is 6.30. The Bertz CT molecular complexity index is 764. The van der Waals surface area contributed by atoms with Gasteiger partial charge in [-0.05, 0) is 23.8 Å². The summed E-state index contributed by atoms with van der Waals surface area (Å²) in [5.41, 5.74) is 4.17. The van der Waals surface area contributed by atoms with Crippen LogP contribution in [0.3, 0.4) is 0 Å². The maximum absolute atomic E-state index is 8.97. The lowest BCUT2D eigenvalue weighted by Crippen LogP contribution is -1.85. The van der Waals surface area contributed by atoms with E-state index in [-0.39, 0.29) is 0 Å². The summed E-state index contributed by atoms with van der Waals surface area (Å²) in [5, 5.41) is 10.8. The first-order valence-corrected chi connectivity index (χ1v) is 6.40. The standard InChI is InChI=1S/C16H11ClN2/c17-12-7-5-11(6-8-12)16-13-3-1-2-4-14(13)19-15(16)9-10-18/h1-8,19H,9H2. The summed E-state index contributed by atoms with van der Waals surface area (Å²) < 4.78 is 0. The average molecular weight is 267 g/mol. The van der Waals surface area contributed by atoms with E-state index in [0.29, 0.717) is 11.4 Å². The van der Waals surface area contributed by atoms with E-state index < -0.39 is 0 Å². The summed E-state index contributed by atoms with van der Waals surface area (Å²) >= 11 is 5.93. The van der Waals surface area contributed by atoms with Gasteiger partial charge in [-0.2, -0.15) is 5.26 Å². The Balaban J connectivity index is 2.28. The molecule has 0 saturated heterocycles. The molecule has 0 fully saturated rings. The van der Waals surface area contributed by atoms with Crippen molar-refractivity contribution in [2.24, 2.45) is 0 Å². The summed E-state index contributed by atoms with van der Waals surface area (Å²) in [6, 6.07) is 18.0. The third kappa shape index (κ3) is 2.09. The smallest absolute Gasteiger partial charge is 0.0759 e. The molecular weight excluding hydrogens is 256 g/mol. The van der Waals surface area contributed by atoms with Gasteiger partial charge < -0.3 is 4.98 Å². The van der Waals surface area contributed by atoms with Crippen molar-refractivity contribution < 1.29 is 0 Å². The van der Waals surface area contributed by atoms with Gasteiger partial charge in [-0.15, -0.1) is 0 Å². The molecule has 92 valence electrons. The molecule has 0 aliphatic rings. The molecule has 19 heavy (non-hydrogen) atoms. The lowest BCUT2D eigenvalue weighted by atomic mass is 10.0. The molecule has 0 aliphatic heterocycles. The molecule has 0 bridgehead atoms. The van der Waals surface area contributed by atoms with Crippen LogP contribution in [0.1, 0.15) is 5.69 Å². The van der Waals surface area contributed by atoms with Gasteiger partial charge in [0.15, 0.2) is 0 Å². The quantitative estimate of drug-likeness (QED) is 0.726. The molecule has 0 atom stereocenters. The van der Waals surface area contributed by atoms with E-state index in [1.54, 1.807) is 0 Å². The summed E-state index contributed by atoms with van der Waals surface area (Å²) in [6.45, 7) is 0. The zero-order valence-electron chi connectivity index (χ0n) is 10.2. The Kier molecular flexibility index (Phi) is 2.98. The zero-order chi connectivity index (χ0) is 13.2. The van der Waals surface area contributed by atoms with E-state index in [4.69, 9.17) is 16.9 Å². The van der Waals surface area contributed by atoms with Crippen molar-refractivity contribution in [3.05, 3.63) is 59.2 Å². The van der Waals surface area contributed by atoms with Crippen molar-refractivity contribution >= 4 is 22.5 Å². The molecule has 3 aromatic rings. The molecule has 2 aromatic carbocycles. The molecule has 0 amide bonds. The molecule has 0 aliphatic carbocycles. The summed E-state index contributed by atoms with van der Waals surface area (Å²) in [5.74, 6) is 0. The van der Waals surface area contributed by atoms with E-state index >= 15 is 0 Å². The summed E-state index contributed by atoms with van der Waals surface area (Å²) in [7, 11) is 0. The second-order valence-corrected chi connectivity index (χ2v) is 4.80. The minimum atomic E-state index is 0.368. The first-order valence-electron chi connectivity index (χ1n) is 6.02. The molecule has 0 spiro atoms. The van der Waals surface area contributed by atoms with Crippen molar-refractivity contribution in [3.8, 4) is 17.2 Å². The number of nitriles is 1. The molecule has 1 aromatic heterocycles. The van der Waals surface area contributed by atoms with E-state index in [2.05, 4.69) is 17.1 Å². The normalized spacial score (nSPS) is 10.5. The minimum absolute atomic E-state index is 0.368. The van der Waals surface area contributed by atoms with Crippen molar-refractivity contribution in [2.75, 3.05) is 0 Å². The Morgan fingerprint density at radius 1 is 1.05 bits per heavy atom. The van der Waals surface area contributed by atoms with Gasteiger partial charge in [-0.25, -0.2) is 0 Å². The molecule has 3 rings (SSSR count). The summed E-state index contributed by atoms with van der Waals surface area (Å²) in [4.78, 5) is 3.32. The molecule has 2 nitrogen and oxygen atoms in total. The van der Waals surface area contributed by atoms with Gasteiger partial charge in [0.25, 0.3) is 0 Å². The predicted molar refractivity (Wildman–Crippen MR) is 78.1 cm³/mol. The molecule has 0 radical (unpaired) electrons. The third-order valence-electron chi connectivity index (χ3n) is 3.17. The molecule has 3 heteroatoms. The van der Waals surface area contributed by atoms with Crippen LogP contribution < -0.4 is 0 Å². The van der Waals surface area contributed by atoms with Gasteiger partial charge in [-0.3, -0.25) is 0 Å². The van der Waals surface area contributed by atoms with Crippen molar-refractivity contribution in [2.45, 2.75) is 6.42 Å². The van der Waals surface area contributed by atoms with E-state index in [1.165, 1.54) is 0 Å². The second-order valence-electron chi connectivity index (χ2n) is 4.37. The molecule has 0 unspecified atom stereocenters. The van der Waals surface area contributed by atoms with Crippen LogP contribution in [-0.2, 0) is 6.42 Å². The molecule has 0 saturated carbocycles. The largest absolute Gasteiger partial charge is 0.357 e. The first-order chi connectivity index (χ1) is 9.29. The van der Waals surface area contributed by atoms with Crippen LogP contribution in [0, 0.1) is 11.3 Å². The van der Waals surface area contributed by atoms with Gasteiger partial charge in [0.1, 0.15) is 0 Å². The fraction of sp³-hybridized carbons (Fsp3) is 0.0625. The number of fused-ring (bicyclic) bond motifs is 1. The fourth-order valence-electron chi connectivity index (χ4n) is 2.36. The highest BCUT2D eigenvalue weighted by atomic mass is 35.5. The lowest BCUT2D eigenvalue weighted by molar-refractivity contribution is 1.18. The number of hydrogen-bond acceptors (Lipinski definition) is 1. The molecular formula is C16H11ClN2. The average Bonchev–Trinajstić information content (AvgIpc) is 2.78. The van der Waals surface area contributed by atoms with Crippen LogP contribution in [0.2, 0.25) is 5.02 Å².